The SMILES string of the molecule is Cc1cc(C(=O)N2CCC[C@@H](C(=O)NC(C)C)C2)on1. The first-order valence-electron chi connectivity index (χ1n) is 7.00. The average Bonchev–Trinajstić information content (AvgIpc) is 2.84. The Morgan fingerprint density at radius 1 is 1.50 bits per heavy atom. The first kappa shape index (κ1) is 14.6. The molecule has 1 atom stereocenters. The van der Waals surface area contributed by atoms with Crippen molar-refractivity contribution in [3.8, 4) is 0 Å². The zero-order chi connectivity index (χ0) is 14.7. The molecule has 6 heteroatoms. The minimum Gasteiger partial charge on any atom is -0.354 e. The third kappa shape index (κ3) is 3.37. The predicted molar refractivity (Wildman–Crippen MR) is 73.1 cm³/mol. The van der Waals surface area contributed by atoms with Gasteiger partial charge in [-0.1, -0.05) is 5.16 Å². The van der Waals surface area contributed by atoms with Gasteiger partial charge in [-0.3, -0.25) is 9.59 Å². The van der Waals surface area contributed by atoms with Gasteiger partial charge in [-0.2, -0.15) is 0 Å². The maximum atomic E-state index is 12.3. The first-order chi connectivity index (χ1) is 9.47. The molecule has 1 aliphatic heterocycles. The van der Waals surface area contributed by atoms with Crippen LogP contribution in [0.25, 0.3) is 0 Å². The standard InChI is InChI=1S/C14H21N3O3/c1-9(2)15-13(18)11-5-4-6-17(8-11)14(19)12-7-10(3)16-20-12/h7,9,11H,4-6,8H2,1-3H3,(H,15,18)/t11-/m1/s1. The molecule has 1 saturated heterocycles. The lowest BCUT2D eigenvalue weighted by Crippen LogP contribution is -2.46. The summed E-state index contributed by atoms with van der Waals surface area (Å²) in [6, 6.07) is 1.74. The first-order valence-corrected chi connectivity index (χ1v) is 7.00. The number of hydrogen-bond donors (Lipinski definition) is 1. The van der Waals surface area contributed by atoms with Gasteiger partial charge in [-0.15, -0.1) is 0 Å². The number of likely N-dealkylation sites (tertiary alicyclic amines) is 1. The molecule has 0 aromatic carbocycles. The summed E-state index contributed by atoms with van der Waals surface area (Å²) in [6.45, 7) is 6.73. The molecule has 2 heterocycles. The minimum absolute atomic E-state index is 0.0197. The third-order valence-electron chi connectivity index (χ3n) is 3.35. The Morgan fingerprint density at radius 2 is 2.25 bits per heavy atom. The number of aryl methyl sites for hydroxylation is 1. The zero-order valence-corrected chi connectivity index (χ0v) is 12.2. The van der Waals surface area contributed by atoms with Gasteiger partial charge in [0.2, 0.25) is 11.7 Å². The molecule has 0 radical (unpaired) electrons. The Bertz CT molecular complexity index is 496. The Morgan fingerprint density at radius 3 is 2.85 bits per heavy atom. The lowest BCUT2D eigenvalue weighted by atomic mass is 9.96. The molecule has 6 nitrogen and oxygen atoms in total. The quantitative estimate of drug-likeness (QED) is 0.906. The summed E-state index contributed by atoms with van der Waals surface area (Å²) in [7, 11) is 0. The van der Waals surface area contributed by atoms with Crippen LogP contribution in [0.3, 0.4) is 0 Å². The molecule has 1 fully saturated rings. The topological polar surface area (TPSA) is 75.4 Å². The molecule has 2 amide bonds. The molecular formula is C14H21N3O3. The molecule has 1 aromatic heterocycles. The summed E-state index contributed by atoms with van der Waals surface area (Å²) < 4.78 is 5.00. The Kier molecular flexibility index (Phi) is 4.42. The number of nitrogens with zero attached hydrogens (tertiary/aromatic N) is 2. The molecule has 110 valence electrons. The van der Waals surface area contributed by atoms with E-state index in [1.807, 2.05) is 13.8 Å². The van der Waals surface area contributed by atoms with Crippen LogP contribution in [-0.4, -0.2) is 41.0 Å². The number of rotatable bonds is 3. The lowest BCUT2D eigenvalue weighted by Gasteiger charge is -2.31. The molecule has 0 saturated carbocycles. The van der Waals surface area contributed by atoms with E-state index in [9.17, 15) is 9.59 Å². The number of nitrogens with one attached hydrogen (secondary N) is 1. The van der Waals surface area contributed by atoms with E-state index in [0.29, 0.717) is 18.8 Å². The lowest BCUT2D eigenvalue weighted by molar-refractivity contribution is -0.126. The summed E-state index contributed by atoms with van der Waals surface area (Å²) in [5.41, 5.74) is 0.680. The molecule has 1 N–H and O–H groups in total. The van der Waals surface area contributed by atoms with Crippen LogP contribution in [0, 0.1) is 12.8 Å². The van der Waals surface area contributed by atoms with Gasteiger partial charge in [0.15, 0.2) is 0 Å². The van der Waals surface area contributed by atoms with E-state index in [2.05, 4.69) is 10.5 Å². The van der Waals surface area contributed by atoms with Crippen LogP contribution in [-0.2, 0) is 4.79 Å². The smallest absolute Gasteiger partial charge is 0.292 e. The average molecular weight is 279 g/mol. The summed E-state index contributed by atoms with van der Waals surface area (Å²) in [6.07, 6.45) is 1.65. The number of carbonyl (C=O) groups excluding carboxylic acids is 2. The maximum absolute atomic E-state index is 12.3. The summed E-state index contributed by atoms with van der Waals surface area (Å²) in [5, 5.41) is 6.63. The number of aromatic nitrogens is 1. The predicted octanol–water partition coefficient (Wildman–Crippen LogP) is 1.36. The van der Waals surface area contributed by atoms with Crippen LogP contribution in [0.15, 0.2) is 10.6 Å². The summed E-state index contributed by atoms with van der Waals surface area (Å²) >= 11 is 0. The van der Waals surface area contributed by atoms with Crippen molar-refractivity contribution < 1.29 is 14.1 Å². The number of hydrogen-bond acceptors (Lipinski definition) is 4. The Labute approximate surface area is 118 Å². The van der Waals surface area contributed by atoms with Crippen LogP contribution < -0.4 is 5.32 Å². The van der Waals surface area contributed by atoms with Crippen molar-refractivity contribution in [1.29, 1.82) is 0 Å². The number of amides is 2. The van der Waals surface area contributed by atoms with Crippen LogP contribution in [0.5, 0.6) is 0 Å². The number of piperidine rings is 1. The van der Waals surface area contributed by atoms with E-state index in [-0.39, 0.29) is 29.5 Å². The van der Waals surface area contributed by atoms with E-state index >= 15 is 0 Å². The van der Waals surface area contributed by atoms with Crippen molar-refractivity contribution in [1.82, 2.24) is 15.4 Å². The highest BCUT2D eigenvalue weighted by molar-refractivity contribution is 5.92. The van der Waals surface area contributed by atoms with Crippen LogP contribution in [0.1, 0.15) is 42.9 Å². The van der Waals surface area contributed by atoms with E-state index < -0.39 is 0 Å². The summed E-state index contributed by atoms with van der Waals surface area (Å²) in [5.74, 6) is -0.0644. The van der Waals surface area contributed by atoms with Gasteiger partial charge < -0.3 is 14.7 Å². The fraction of sp³-hybridized carbons (Fsp3) is 0.643. The third-order valence-corrected chi connectivity index (χ3v) is 3.35. The van der Waals surface area contributed by atoms with Gasteiger partial charge in [-0.25, -0.2) is 0 Å². The highest BCUT2D eigenvalue weighted by Crippen LogP contribution is 2.19. The van der Waals surface area contributed by atoms with E-state index in [1.54, 1.807) is 17.9 Å². The molecule has 1 aliphatic rings. The Hall–Kier alpha value is -1.85. The molecule has 0 unspecified atom stereocenters. The number of carbonyl (C=O) groups is 2. The molecule has 20 heavy (non-hydrogen) atoms. The van der Waals surface area contributed by atoms with Crippen molar-refractivity contribution >= 4 is 11.8 Å². The highest BCUT2D eigenvalue weighted by atomic mass is 16.5. The molecule has 2 rings (SSSR count). The van der Waals surface area contributed by atoms with E-state index in [1.165, 1.54) is 0 Å². The van der Waals surface area contributed by atoms with Gasteiger partial charge in [0.25, 0.3) is 5.91 Å². The van der Waals surface area contributed by atoms with Crippen molar-refractivity contribution in [3.05, 3.63) is 17.5 Å². The second-order valence-electron chi connectivity index (χ2n) is 5.59. The van der Waals surface area contributed by atoms with Crippen molar-refractivity contribution in [2.45, 2.75) is 39.7 Å². The largest absolute Gasteiger partial charge is 0.354 e. The maximum Gasteiger partial charge on any atom is 0.292 e. The molecule has 0 spiro atoms. The van der Waals surface area contributed by atoms with Crippen LogP contribution in [0.4, 0.5) is 0 Å². The second-order valence-corrected chi connectivity index (χ2v) is 5.59. The fourth-order valence-electron chi connectivity index (χ4n) is 2.40. The van der Waals surface area contributed by atoms with Crippen molar-refractivity contribution in [2.24, 2.45) is 5.92 Å². The van der Waals surface area contributed by atoms with Crippen LogP contribution in [0.2, 0.25) is 0 Å². The van der Waals surface area contributed by atoms with Crippen molar-refractivity contribution in [3.63, 3.8) is 0 Å². The fourth-order valence-corrected chi connectivity index (χ4v) is 2.40. The zero-order valence-electron chi connectivity index (χ0n) is 12.2. The normalized spacial score (nSPS) is 19.2. The minimum atomic E-state index is -0.187. The van der Waals surface area contributed by atoms with Gasteiger partial charge in [0.1, 0.15) is 0 Å². The van der Waals surface area contributed by atoms with Crippen LogP contribution >= 0.6 is 0 Å². The van der Waals surface area contributed by atoms with Gasteiger partial charge >= 0.3 is 0 Å². The molecular weight excluding hydrogens is 258 g/mol. The van der Waals surface area contributed by atoms with Crippen molar-refractivity contribution in [2.75, 3.05) is 13.1 Å². The molecule has 1 aromatic rings. The monoisotopic (exact) mass is 279 g/mol. The van der Waals surface area contributed by atoms with Gasteiger partial charge in [0, 0.05) is 25.2 Å². The van der Waals surface area contributed by atoms with Gasteiger partial charge in [0.05, 0.1) is 11.6 Å². The second kappa shape index (κ2) is 6.07. The van der Waals surface area contributed by atoms with E-state index in [0.717, 1.165) is 12.8 Å². The summed E-state index contributed by atoms with van der Waals surface area (Å²) in [4.78, 5) is 26.0. The Balaban J connectivity index is 1.99. The highest BCUT2D eigenvalue weighted by Gasteiger charge is 2.30. The van der Waals surface area contributed by atoms with E-state index in [4.69, 9.17) is 4.52 Å². The molecule has 0 bridgehead atoms. The molecule has 0 aliphatic carbocycles. The van der Waals surface area contributed by atoms with Gasteiger partial charge in [-0.05, 0) is 33.6 Å².